The molecule has 1 aromatic carbocycles. The molecule has 0 atom stereocenters. The van der Waals surface area contributed by atoms with Crippen molar-refractivity contribution in [2.24, 2.45) is 12.8 Å². The van der Waals surface area contributed by atoms with Gasteiger partial charge in [-0.25, -0.2) is 4.68 Å². The minimum atomic E-state index is -0.735. The number of nitrogens with two attached hydrogens (primary N) is 2. The lowest BCUT2D eigenvalue weighted by atomic mass is 10.2. The monoisotopic (exact) mass is 327 g/mol. The first-order valence-electron chi connectivity index (χ1n) is 7.16. The van der Waals surface area contributed by atoms with Gasteiger partial charge in [0, 0.05) is 7.05 Å². The maximum absolute atomic E-state index is 12.8. The van der Waals surface area contributed by atoms with E-state index in [4.69, 9.17) is 11.5 Å². The van der Waals surface area contributed by atoms with Gasteiger partial charge in [0.1, 0.15) is 17.1 Å². The molecule has 0 aliphatic rings. The molecule has 9 heteroatoms. The van der Waals surface area contributed by atoms with E-state index in [0.717, 1.165) is 5.69 Å². The van der Waals surface area contributed by atoms with Crippen LogP contribution in [0.1, 0.15) is 16.1 Å². The molecule has 0 saturated heterocycles. The number of carbonyl (C=O) groups excluding carboxylic acids is 1. The van der Waals surface area contributed by atoms with Crippen molar-refractivity contribution in [3.8, 4) is 5.69 Å². The van der Waals surface area contributed by atoms with Crippen LogP contribution >= 0.6 is 0 Å². The molecule has 0 saturated carbocycles. The van der Waals surface area contributed by atoms with Crippen molar-refractivity contribution in [2.75, 3.05) is 11.1 Å². The number of carbonyl (C=O) groups is 1. The summed E-state index contributed by atoms with van der Waals surface area (Å²) >= 11 is 0. The fourth-order valence-corrected chi connectivity index (χ4v) is 2.53. The highest BCUT2D eigenvalue weighted by atomic mass is 16.1. The van der Waals surface area contributed by atoms with Gasteiger partial charge in [0.25, 0.3) is 11.5 Å². The second-order valence-corrected chi connectivity index (χ2v) is 5.29. The average molecular weight is 327 g/mol. The van der Waals surface area contributed by atoms with Crippen LogP contribution in [0.5, 0.6) is 0 Å². The number of amides is 1. The van der Waals surface area contributed by atoms with Crippen molar-refractivity contribution in [3.63, 3.8) is 0 Å². The van der Waals surface area contributed by atoms with Crippen molar-refractivity contribution < 1.29 is 4.79 Å². The standard InChI is InChI=1S/C15H17N7O2/c1-8-11(18-14-10(13(17)23)12(16)19-20-14)15(24)22(21(8)2)9-6-4-3-5-7-9/h3-7H,1-2H3,(H2,17,23)(H4,16,18,19,20). The first kappa shape index (κ1) is 15.4. The summed E-state index contributed by atoms with van der Waals surface area (Å²) < 4.78 is 3.22. The molecule has 0 aliphatic carbocycles. The van der Waals surface area contributed by atoms with Crippen LogP contribution in [-0.4, -0.2) is 25.5 Å². The van der Waals surface area contributed by atoms with Gasteiger partial charge in [0.2, 0.25) is 0 Å². The molecule has 0 unspecified atom stereocenters. The zero-order valence-electron chi connectivity index (χ0n) is 13.2. The Morgan fingerprint density at radius 3 is 2.58 bits per heavy atom. The maximum atomic E-state index is 12.8. The number of hydrogen-bond donors (Lipinski definition) is 4. The first-order valence-corrected chi connectivity index (χ1v) is 7.16. The van der Waals surface area contributed by atoms with Gasteiger partial charge in [-0.05, 0) is 19.1 Å². The number of aromatic nitrogens is 4. The summed E-state index contributed by atoms with van der Waals surface area (Å²) in [5.41, 5.74) is 12.4. The van der Waals surface area contributed by atoms with E-state index in [2.05, 4.69) is 15.5 Å². The minimum Gasteiger partial charge on any atom is -0.383 e. The lowest BCUT2D eigenvalue weighted by molar-refractivity contribution is 0.100. The van der Waals surface area contributed by atoms with E-state index in [-0.39, 0.29) is 28.4 Å². The third-order valence-electron chi connectivity index (χ3n) is 3.84. The highest BCUT2D eigenvalue weighted by molar-refractivity contribution is 6.02. The predicted molar refractivity (Wildman–Crippen MR) is 90.5 cm³/mol. The zero-order chi connectivity index (χ0) is 17.4. The van der Waals surface area contributed by atoms with Crippen LogP contribution in [0.2, 0.25) is 0 Å². The van der Waals surface area contributed by atoms with E-state index in [0.29, 0.717) is 5.69 Å². The number of anilines is 3. The maximum Gasteiger partial charge on any atom is 0.295 e. The van der Waals surface area contributed by atoms with Crippen LogP contribution in [0.3, 0.4) is 0 Å². The van der Waals surface area contributed by atoms with Gasteiger partial charge >= 0.3 is 0 Å². The Labute approximate surface area is 136 Å². The van der Waals surface area contributed by atoms with Gasteiger partial charge in [-0.3, -0.25) is 19.4 Å². The van der Waals surface area contributed by atoms with Crippen molar-refractivity contribution in [1.82, 2.24) is 19.6 Å². The molecule has 0 bridgehead atoms. The highest BCUT2D eigenvalue weighted by Gasteiger charge is 2.21. The van der Waals surface area contributed by atoms with E-state index in [1.807, 2.05) is 30.3 Å². The normalized spacial score (nSPS) is 10.8. The Hall–Kier alpha value is -3.49. The van der Waals surface area contributed by atoms with E-state index in [1.165, 1.54) is 4.68 Å². The lowest BCUT2D eigenvalue weighted by Gasteiger charge is -2.07. The number of nitrogen functional groups attached to an aromatic ring is 1. The molecule has 0 fully saturated rings. The Balaban J connectivity index is 2.12. The minimum absolute atomic E-state index is 0.0175. The molecule has 2 aromatic heterocycles. The highest BCUT2D eigenvalue weighted by Crippen LogP contribution is 2.23. The van der Waals surface area contributed by atoms with E-state index in [9.17, 15) is 9.59 Å². The van der Waals surface area contributed by atoms with E-state index < -0.39 is 5.91 Å². The van der Waals surface area contributed by atoms with Gasteiger partial charge in [0.15, 0.2) is 5.82 Å². The SMILES string of the molecule is Cc1c(Nc2n[nH]c(N)c2C(N)=O)c(=O)n(-c2ccccc2)n1C. The molecule has 24 heavy (non-hydrogen) atoms. The van der Waals surface area contributed by atoms with E-state index in [1.54, 1.807) is 18.7 Å². The molecule has 3 rings (SSSR count). The van der Waals surface area contributed by atoms with Crippen LogP contribution < -0.4 is 22.3 Å². The summed E-state index contributed by atoms with van der Waals surface area (Å²) in [6.45, 7) is 1.78. The summed E-state index contributed by atoms with van der Waals surface area (Å²) in [7, 11) is 1.77. The molecule has 0 aliphatic heterocycles. The Morgan fingerprint density at radius 1 is 1.29 bits per heavy atom. The second kappa shape index (κ2) is 5.61. The van der Waals surface area contributed by atoms with Crippen LogP contribution in [0.4, 0.5) is 17.3 Å². The van der Waals surface area contributed by atoms with Gasteiger partial charge in [-0.1, -0.05) is 18.2 Å². The predicted octanol–water partition coefficient (Wildman–Crippen LogP) is 0.632. The number of aromatic amines is 1. The van der Waals surface area contributed by atoms with Crippen molar-refractivity contribution >= 4 is 23.2 Å². The van der Waals surface area contributed by atoms with Crippen LogP contribution in [0, 0.1) is 6.92 Å². The second-order valence-electron chi connectivity index (χ2n) is 5.29. The summed E-state index contributed by atoms with van der Waals surface area (Å²) in [5, 5.41) is 9.25. The molecule has 0 radical (unpaired) electrons. The average Bonchev–Trinajstić information content (AvgIpc) is 3.02. The summed E-state index contributed by atoms with van der Waals surface area (Å²) in [6.07, 6.45) is 0. The number of nitrogens with zero attached hydrogens (tertiary/aromatic N) is 3. The van der Waals surface area contributed by atoms with Crippen LogP contribution in [-0.2, 0) is 7.05 Å². The van der Waals surface area contributed by atoms with Crippen molar-refractivity contribution in [3.05, 3.63) is 51.9 Å². The van der Waals surface area contributed by atoms with Crippen molar-refractivity contribution in [1.29, 1.82) is 0 Å². The molecular weight excluding hydrogens is 310 g/mol. The van der Waals surface area contributed by atoms with Gasteiger partial charge in [-0.2, -0.15) is 5.10 Å². The fraction of sp³-hybridized carbons (Fsp3) is 0.133. The quantitative estimate of drug-likeness (QED) is 0.557. The number of para-hydroxylation sites is 1. The number of nitrogens with one attached hydrogen (secondary N) is 2. The van der Waals surface area contributed by atoms with Gasteiger partial charge in [-0.15, -0.1) is 0 Å². The Bertz CT molecular complexity index is 966. The number of primary amides is 1. The largest absolute Gasteiger partial charge is 0.383 e. The summed E-state index contributed by atoms with van der Waals surface area (Å²) in [6, 6.07) is 9.21. The lowest BCUT2D eigenvalue weighted by Crippen LogP contribution is -2.21. The Kier molecular flexibility index (Phi) is 3.60. The molecule has 1 amide bonds. The number of H-pyrrole nitrogens is 1. The molecule has 2 heterocycles. The smallest absolute Gasteiger partial charge is 0.295 e. The molecular formula is C15H17N7O2. The molecule has 6 N–H and O–H groups in total. The third kappa shape index (κ3) is 2.32. The third-order valence-corrected chi connectivity index (χ3v) is 3.84. The first-order chi connectivity index (χ1) is 11.4. The summed E-state index contributed by atoms with van der Waals surface area (Å²) in [5.74, 6) is -0.575. The van der Waals surface area contributed by atoms with E-state index >= 15 is 0 Å². The molecule has 3 aromatic rings. The topological polar surface area (TPSA) is 137 Å². The molecule has 0 spiro atoms. The van der Waals surface area contributed by atoms with Crippen LogP contribution in [0.25, 0.3) is 5.69 Å². The van der Waals surface area contributed by atoms with Gasteiger partial charge < -0.3 is 16.8 Å². The number of hydrogen-bond acceptors (Lipinski definition) is 5. The van der Waals surface area contributed by atoms with Gasteiger partial charge in [0.05, 0.1) is 11.4 Å². The van der Waals surface area contributed by atoms with Crippen LogP contribution in [0.15, 0.2) is 35.1 Å². The Morgan fingerprint density at radius 2 is 1.96 bits per heavy atom. The fourth-order valence-electron chi connectivity index (χ4n) is 2.53. The summed E-state index contributed by atoms with van der Waals surface area (Å²) in [4.78, 5) is 24.3. The molecule has 9 nitrogen and oxygen atoms in total. The number of benzene rings is 1. The molecule has 124 valence electrons. The number of rotatable bonds is 4. The zero-order valence-corrected chi connectivity index (χ0v) is 13.2. The van der Waals surface area contributed by atoms with Crippen molar-refractivity contribution in [2.45, 2.75) is 6.92 Å².